The Balaban J connectivity index is 1.94. The smallest absolute Gasteiger partial charge is 0.00899 e. The Morgan fingerprint density at radius 3 is 2.86 bits per heavy atom. The first kappa shape index (κ1) is 14.1. The Morgan fingerprint density at radius 2 is 2.05 bits per heavy atom. The first-order valence-corrected chi connectivity index (χ1v) is 7.96. The summed E-state index contributed by atoms with van der Waals surface area (Å²) in [6, 6.07) is 8.66. The lowest BCUT2D eigenvalue weighted by Gasteiger charge is -2.36. The number of fused-ring (bicyclic) bond motifs is 2. The van der Waals surface area contributed by atoms with Crippen LogP contribution in [0.25, 0.3) is 11.6 Å². The van der Waals surface area contributed by atoms with Crippen LogP contribution in [0, 0.1) is 11.8 Å². The molecule has 0 aliphatic heterocycles. The van der Waals surface area contributed by atoms with Crippen molar-refractivity contribution in [1.82, 2.24) is 0 Å². The lowest BCUT2D eigenvalue weighted by molar-refractivity contribution is 0.375. The zero-order chi connectivity index (χ0) is 14.8. The van der Waals surface area contributed by atoms with E-state index in [0.717, 1.165) is 5.92 Å². The number of benzene rings is 1. The van der Waals surface area contributed by atoms with Gasteiger partial charge in [-0.3, -0.25) is 0 Å². The van der Waals surface area contributed by atoms with Gasteiger partial charge in [-0.25, -0.2) is 0 Å². The van der Waals surface area contributed by atoms with E-state index in [1.165, 1.54) is 36.0 Å². The van der Waals surface area contributed by atoms with Crippen LogP contribution in [0.4, 0.5) is 0 Å². The summed E-state index contributed by atoms with van der Waals surface area (Å²) in [6.45, 7) is 8.86. The van der Waals surface area contributed by atoms with Gasteiger partial charge in [-0.05, 0) is 67.2 Å². The van der Waals surface area contributed by atoms with Gasteiger partial charge in [-0.15, -0.1) is 0 Å². The maximum absolute atomic E-state index is 4.49. The van der Waals surface area contributed by atoms with Gasteiger partial charge in [-0.2, -0.15) is 0 Å². The predicted octanol–water partition coefficient (Wildman–Crippen LogP) is 6.04. The molecular formula is C21H24. The molecular weight excluding hydrogens is 252 g/mol. The van der Waals surface area contributed by atoms with Gasteiger partial charge in [0.15, 0.2) is 0 Å². The Labute approximate surface area is 128 Å². The number of hydrogen-bond acceptors (Lipinski definition) is 0. The highest BCUT2D eigenvalue weighted by atomic mass is 14.4. The van der Waals surface area contributed by atoms with Crippen molar-refractivity contribution in [3.05, 3.63) is 71.3 Å². The minimum atomic E-state index is 0.588. The molecule has 108 valence electrons. The molecule has 0 radical (unpaired) electrons. The van der Waals surface area contributed by atoms with Crippen molar-refractivity contribution in [2.75, 3.05) is 0 Å². The van der Waals surface area contributed by atoms with Crippen molar-refractivity contribution < 1.29 is 0 Å². The maximum Gasteiger partial charge on any atom is -0.00899 e. The van der Waals surface area contributed by atoms with E-state index in [0.29, 0.717) is 5.92 Å². The summed E-state index contributed by atoms with van der Waals surface area (Å²) in [5, 5.41) is 0. The highest BCUT2D eigenvalue weighted by Crippen LogP contribution is 2.45. The van der Waals surface area contributed by atoms with Gasteiger partial charge in [0, 0.05) is 0 Å². The zero-order valence-corrected chi connectivity index (χ0v) is 13.1. The lowest BCUT2D eigenvalue weighted by atomic mass is 9.68. The molecule has 2 aliphatic rings. The summed E-state index contributed by atoms with van der Waals surface area (Å²) in [7, 11) is 0. The predicted molar refractivity (Wildman–Crippen MR) is 92.9 cm³/mol. The third kappa shape index (κ3) is 2.68. The van der Waals surface area contributed by atoms with Gasteiger partial charge < -0.3 is 0 Å². The summed E-state index contributed by atoms with van der Waals surface area (Å²) >= 11 is 0. The molecule has 2 bridgehead atoms. The second kappa shape index (κ2) is 5.89. The molecule has 0 saturated heterocycles. The Morgan fingerprint density at radius 1 is 1.24 bits per heavy atom. The molecule has 1 aromatic rings. The van der Waals surface area contributed by atoms with Gasteiger partial charge in [0.05, 0.1) is 0 Å². The van der Waals surface area contributed by atoms with Gasteiger partial charge in [0.25, 0.3) is 0 Å². The molecule has 21 heavy (non-hydrogen) atoms. The van der Waals surface area contributed by atoms with Crippen LogP contribution in [0.2, 0.25) is 0 Å². The third-order valence-electron chi connectivity index (χ3n) is 4.98. The topological polar surface area (TPSA) is 0 Å². The molecule has 0 N–H and O–H groups in total. The second-order valence-corrected chi connectivity index (χ2v) is 6.33. The Bertz CT molecular complexity index is 640. The molecule has 1 aromatic carbocycles. The van der Waals surface area contributed by atoms with E-state index in [9.17, 15) is 0 Å². The lowest BCUT2D eigenvalue weighted by Crippen LogP contribution is -2.23. The van der Waals surface area contributed by atoms with E-state index < -0.39 is 0 Å². The van der Waals surface area contributed by atoms with Crippen molar-refractivity contribution in [2.24, 2.45) is 11.8 Å². The monoisotopic (exact) mass is 276 g/mol. The molecule has 0 fully saturated rings. The van der Waals surface area contributed by atoms with Crippen LogP contribution in [-0.2, 0) is 0 Å². The molecule has 0 amide bonds. The van der Waals surface area contributed by atoms with E-state index in [2.05, 4.69) is 69.0 Å². The van der Waals surface area contributed by atoms with Crippen molar-refractivity contribution in [1.29, 1.82) is 0 Å². The molecule has 3 rings (SSSR count). The van der Waals surface area contributed by atoms with E-state index in [1.807, 2.05) is 0 Å². The summed E-state index contributed by atoms with van der Waals surface area (Å²) in [4.78, 5) is 0. The second-order valence-electron chi connectivity index (χ2n) is 6.33. The minimum Gasteiger partial charge on any atom is -0.0949 e. The first-order valence-electron chi connectivity index (χ1n) is 7.96. The molecule has 0 heterocycles. The summed E-state index contributed by atoms with van der Waals surface area (Å²) in [5.41, 5.74) is 7.06. The maximum atomic E-state index is 4.49. The molecule has 2 aliphatic carbocycles. The summed E-state index contributed by atoms with van der Waals surface area (Å²) in [5.74, 6) is 1.32. The standard InChI is InChI=1S/C21H24/c1-4-8-17-9-5-6-12-20(17)16(3)21-13-15(2)18-10-7-11-19(21)14-18/h4-10,12,19,21H,3,11,13-14H2,1-2H3/b8-4-. The first-order chi connectivity index (χ1) is 10.2. The highest BCUT2D eigenvalue weighted by molar-refractivity contribution is 5.74. The van der Waals surface area contributed by atoms with Gasteiger partial charge in [0.2, 0.25) is 0 Å². The number of hydrogen-bond donors (Lipinski definition) is 0. The molecule has 2 unspecified atom stereocenters. The molecule has 0 spiro atoms. The molecule has 2 atom stereocenters. The van der Waals surface area contributed by atoms with Crippen molar-refractivity contribution in [3.63, 3.8) is 0 Å². The van der Waals surface area contributed by atoms with Gasteiger partial charge >= 0.3 is 0 Å². The minimum absolute atomic E-state index is 0.588. The van der Waals surface area contributed by atoms with E-state index in [4.69, 9.17) is 0 Å². The quantitative estimate of drug-likeness (QED) is 0.631. The summed E-state index contributed by atoms with van der Waals surface area (Å²) < 4.78 is 0. The van der Waals surface area contributed by atoms with Crippen LogP contribution in [0.15, 0.2) is 60.2 Å². The SMILES string of the molecule is C=C(c1ccccc1/C=C\C)C1CC(C)=C2C=CCC1C2. The van der Waals surface area contributed by atoms with Crippen LogP contribution in [0.1, 0.15) is 44.2 Å². The average molecular weight is 276 g/mol. The van der Waals surface area contributed by atoms with E-state index >= 15 is 0 Å². The molecule has 0 nitrogen and oxygen atoms in total. The van der Waals surface area contributed by atoms with Crippen LogP contribution in [0.5, 0.6) is 0 Å². The molecule has 0 heteroatoms. The van der Waals surface area contributed by atoms with Crippen LogP contribution in [0.3, 0.4) is 0 Å². The summed E-state index contributed by atoms with van der Waals surface area (Å²) in [6.07, 6.45) is 12.6. The third-order valence-corrected chi connectivity index (χ3v) is 4.98. The normalized spacial score (nSPS) is 24.7. The van der Waals surface area contributed by atoms with Gasteiger partial charge in [0.1, 0.15) is 0 Å². The van der Waals surface area contributed by atoms with Crippen LogP contribution < -0.4 is 0 Å². The average Bonchev–Trinajstić information content (AvgIpc) is 2.52. The molecule has 0 saturated carbocycles. The largest absolute Gasteiger partial charge is 0.0949 e. The Kier molecular flexibility index (Phi) is 3.96. The zero-order valence-electron chi connectivity index (χ0n) is 13.1. The van der Waals surface area contributed by atoms with Crippen molar-refractivity contribution >= 4 is 11.6 Å². The van der Waals surface area contributed by atoms with E-state index in [1.54, 1.807) is 11.1 Å². The fraction of sp³-hybridized carbons (Fsp3) is 0.333. The van der Waals surface area contributed by atoms with Gasteiger partial charge in [-0.1, -0.05) is 60.7 Å². The highest BCUT2D eigenvalue weighted by Gasteiger charge is 2.31. The van der Waals surface area contributed by atoms with Crippen molar-refractivity contribution in [3.8, 4) is 0 Å². The number of allylic oxidation sites excluding steroid dienone is 6. The Hall–Kier alpha value is -1.82. The van der Waals surface area contributed by atoms with E-state index in [-0.39, 0.29) is 0 Å². The fourth-order valence-corrected chi connectivity index (χ4v) is 3.79. The van der Waals surface area contributed by atoms with Crippen LogP contribution >= 0.6 is 0 Å². The van der Waals surface area contributed by atoms with Crippen molar-refractivity contribution in [2.45, 2.75) is 33.1 Å². The molecule has 0 aromatic heterocycles. The number of rotatable bonds is 3. The fourth-order valence-electron chi connectivity index (χ4n) is 3.79. The van der Waals surface area contributed by atoms with Crippen LogP contribution in [-0.4, -0.2) is 0 Å².